The molecule has 1 aromatic carbocycles. The van der Waals surface area contributed by atoms with E-state index in [1.54, 1.807) is 37.3 Å². The highest BCUT2D eigenvalue weighted by Crippen LogP contribution is 2.11. The van der Waals surface area contributed by atoms with Crippen LogP contribution >= 0.6 is 0 Å². The van der Waals surface area contributed by atoms with Crippen molar-refractivity contribution in [1.29, 1.82) is 0 Å². The van der Waals surface area contributed by atoms with Crippen LogP contribution in [0.1, 0.15) is 6.92 Å². The Kier molecular flexibility index (Phi) is 4.48. The summed E-state index contributed by atoms with van der Waals surface area (Å²) in [7, 11) is 0. The fourth-order valence-corrected chi connectivity index (χ4v) is 1.02. The minimum Gasteiger partial charge on any atom is -0.409 e. The van der Waals surface area contributed by atoms with Gasteiger partial charge >= 0.3 is 6.09 Å². The maximum Gasteiger partial charge on any atom is 0.439 e. The van der Waals surface area contributed by atoms with E-state index in [0.29, 0.717) is 22.0 Å². The van der Waals surface area contributed by atoms with Crippen molar-refractivity contribution in [2.24, 2.45) is 0 Å². The summed E-state index contributed by atoms with van der Waals surface area (Å²) in [6.07, 6.45) is -0.849. The van der Waals surface area contributed by atoms with Gasteiger partial charge in [-0.1, -0.05) is 36.9 Å². The van der Waals surface area contributed by atoms with Gasteiger partial charge < -0.3 is 4.74 Å². The molecule has 0 atom stereocenters. The Morgan fingerprint density at radius 1 is 1.35 bits per heavy atom. The zero-order valence-corrected chi connectivity index (χ0v) is 9.72. The Bertz CT molecular complexity index is 426. The molecule has 1 rings (SSSR count). The second kappa shape index (κ2) is 5.86. The molecule has 0 aromatic heterocycles. The Morgan fingerprint density at radius 3 is 2.47 bits per heavy atom. The first-order valence-electron chi connectivity index (χ1n) is 5.07. The maximum absolute atomic E-state index is 11.5. The molecule has 90 valence electrons. The number of hydrogen-bond acceptors (Lipinski definition) is 3. The molecule has 0 spiro atoms. The van der Waals surface area contributed by atoms with E-state index in [9.17, 15) is 10.0 Å². The molecule has 0 aliphatic heterocycles. The average Bonchev–Trinajstić information content (AvgIpc) is 2.29. The molecule has 0 radical (unpaired) electrons. The molecule has 4 heteroatoms. The van der Waals surface area contributed by atoms with Gasteiger partial charge in [0, 0.05) is 0 Å². The molecule has 0 fully saturated rings. The second-order valence-electron chi connectivity index (χ2n) is 3.62. The summed E-state index contributed by atoms with van der Waals surface area (Å²) in [4.78, 5) is 11.5. The van der Waals surface area contributed by atoms with Crippen molar-refractivity contribution in [3.05, 3.63) is 54.6 Å². The summed E-state index contributed by atoms with van der Waals surface area (Å²) >= 11 is 0. The minimum absolute atomic E-state index is 0.0268. The summed E-state index contributed by atoms with van der Waals surface area (Å²) in [5, 5.41) is 9.92. The Hall–Kier alpha value is -2.07. The molecular weight excluding hydrogens is 218 g/mol. The molecule has 0 heterocycles. The zero-order valence-electron chi connectivity index (χ0n) is 9.72. The average molecular weight is 233 g/mol. The van der Waals surface area contributed by atoms with E-state index in [0.717, 1.165) is 0 Å². The highest BCUT2D eigenvalue weighted by Gasteiger charge is 2.14. The highest BCUT2D eigenvalue weighted by molar-refractivity contribution is 5.69. The Balaban J connectivity index is 2.53. The van der Waals surface area contributed by atoms with Gasteiger partial charge in [-0.25, -0.2) is 4.79 Å². The number of nitrogens with zero attached hydrogens (tertiary/aromatic N) is 1. The lowest BCUT2D eigenvalue weighted by Gasteiger charge is -2.16. The van der Waals surface area contributed by atoms with Crippen LogP contribution in [-0.2, 0) is 0 Å². The van der Waals surface area contributed by atoms with Gasteiger partial charge in [0.1, 0.15) is 5.75 Å². The van der Waals surface area contributed by atoms with Crippen LogP contribution in [0.3, 0.4) is 0 Å². The molecule has 0 unspecified atom stereocenters. The predicted molar refractivity (Wildman–Crippen MR) is 64.9 cm³/mol. The topological polar surface area (TPSA) is 49.8 Å². The molecular formula is C13H15NO3. The number of benzene rings is 1. The largest absolute Gasteiger partial charge is 0.439 e. The first-order valence-corrected chi connectivity index (χ1v) is 5.07. The number of hydrogen-bond donors (Lipinski definition) is 1. The molecule has 0 bridgehead atoms. The maximum atomic E-state index is 11.5. The van der Waals surface area contributed by atoms with Crippen LogP contribution in [0.4, 0.5) is 4.79 Å². The number of rotatable bonds is 4. The number of para-hydroxylation sites is 1. The SMILES string of the molecule is C=C(C)C(=C)CN(O)C(=O)Oc1ccccc1. The molecule has 4 nitrogen and oxygen atoms in total. The van der Waals surface area contributed by atoms with Gasteiger partial charge in [0.05, 0.1) is 6.54 Å². The van der Waals surface area contributed by atoms with E-state index in [4.69, 9.17) is 4.74 Å². The van der Waals surface area contributed by atoms with Crippen molar-refractivity contribution in [2.75, 3.05) is 6.54 Å². The molecule has 0 saturated carbocycles. The van der Waals surface area contributed by atoms with E-state index < -0.39 is 6.09 Å². The summed E-state index contributed by atoms with van der Waals surface area (Å²) in [5.74, 6) is 0.373. The first-order chi connectivity index (χ1) is 8.00. The standard InChI is InChI=1S/C13H15NO3/c1-10(2)11(3)9-14(16)13(15)17-12-7-5-4-6-8-12/h4-8,16H,1,3,9H2,2H3. The third-order valence-corrected chi connectivity index (χ3v) is 2.10. The highest BCUT2D eigenvalue weighted by atomic mass is 16.6. The van der Waals surface area contributed by atoms with Crippen molar-refractivity contribution in [2.45, 2.75) is 6.92 Å². The number of carbonyl (C=O) groups is 1. The molecule has 1 aromatic rings. The second-order valence-corrected chi connectivity index (χ2v) is 3.62. The van der Waals surface area contributed by atoms with E-state index in [2.05, 4.69) is 13.2 Å². The van der Waals surface area contributed by atoms with Gasteiger partial charge in [-0.15, -0.1) is 0 Å². The van der Waals surface area contributed by atoms with Gasteiger partial charge in [0.2, 0.25) is 0 Å². The minimum atomic E-state index is -0.849. The molecule has 1 amide bonds. The van der Waals surface area contributed by atoms with Gasteiger partial charge in [0.15, 0.2) is 0 Å². The van der Waals surface area contributed by atoms with Crippen LogP contribution in [0.2, 0.25) is 0 Å². The fraction of sp³-hybridized carbons (Fsp3) is 0.154. The summed E-state index contributed by atoms with van der Waals surface area (Å²) in [5.41, 5.74) is 1.27. The van der Waals surface area contributed by atoms with E-state index >= 15 is 0 Å². The van der Waals surface area contributed by atoms with Crippen molar-refractivity contribution in [3.8, 4) is 5.75 Å². The molecule has 0 saturated heterocycles. The van der Waals surface area contributed by atoms with Crippen LogP contribution in [0, 0.1) is 0 Å². The molecule has 0 aliphatic carbocycles. The van der Waals surface area contributed by atoms with Crippen LogP contribution < -0.4 is 4.74 Å². The molecule has 0 aliphatic rings. The van der Waals surface area contributed by atoms with Crippen LogP contribution in [0.25, 0.3) is 0 Å². The number of ether oxygens (including phenoxy) is 1. The summed E-state index contributed by atoms with van der Waals surface area (Å²) in [6, 6.07) is 8.52. The monoisotopic (exact) mass is 233 g/mol. The predicted octanol–water partition coefficient (Wildman–Crippen LogP) is 3.01. The third-order valence-electron chi connectivity index (χ3n) is 2.10. The summed E-state index contributed by atoms with van der Waals surface area (Å²) in [6.45, 7) is 9.06. The number of carbonyl (C=O) groups excluding carboxylic acids is 1. The summed E-state index contributed by atoms with van der Waals surface area (Å²) < 4.78 is 4.92. The van der Waals surface area contributed by atoms with Gasteiger partial charge in [-0.05, 0) is 24.6 Å². The normalized spacial score (nSPS) is 9.53. The van der Waals surface area contributed by atoms with Gasteiger partial charge in [-0.2, -0.15) is 5.06 Å². The van der Waals surface area contributed by atoms with E-state index in [-0.39, 0.29) is 6.54 Å². The lowest BCUT2D eigenvalue weighted by Crippen LogP contribution is -2.32. The Labute approximate surface area is 100 Å². The van der Waals surface area contributed by atoms with Gasteiger partial charge in [0.25, 0.3) is 0 Å². The van der Waals surface area contributed by atoms with Crippen LogP contribution in [0.15, 0.2) is 54.6 Å². The quantitative estimate of drug-likeness (QED) is 0.494. The zero-order chi connectivity index (χ0) is 12.8. The molecule has 17 heavy (non-hydrogen) atoms. The van der Waals surface area contributed by atoms with Crippen molar-refractivity contribution in [1.82, 2.24) is 5.06 Å². The lowest BCUT2D eigenvalue weighted by molar-refractivity contribution is -0.0522. The number of amides is 1. The smallest absolute Gasteiger partial charge is 0.409 e. The fourth-order valence-electron chi connectivity index (χ4n) is 1.02. The van der Waals surface area contributed by atoms with Crippen molar-refractivity contribution in [3.63, 3.8) is 0 Å². The van der Waals surface area contributed by atoms with E-state index in [1.807, 2.05) is 0 Å². The third kappa shape index (κ3) is 4.12. The first kappa shape index (κ1) is 13.0. The van der Waals surface area contributed by atoms with Crippen molar-refractivity contribution < 1.29 is 14.7 Å². The van der Waals surface area contributed by atoms with Crippen molar-refractivity contribution >= 4 is 6.09 Å². The van der Waals surface area contributed by atoms with E-state index in [1.165, 1.54) is 0 Å². The lowest BCUT2D eigenvalue weighted by atomic mass is 10.1. The van der Waals surface area contributed by atoms with Gasteiger partial charge in [-0.3, -0.25) is 5.21 Å². The van der Waals surface area contributed by atoms with Crippen LogP contribution in [-0.4, -0.2) is 22.9 Å². The van der Waals surface area contributed by atoms with Crippen LogP contribution in [0.5, 0.6) is 5.75 Å². The number of hydroxylamine groups is 2. The molecule has 1 N–H and O–H groups in total. The Morgan fingerprint density at radius 2 is 1.94 bits per heavy atom.